The summed E-state index contributed by atoms with van der Waals surface area (Å²) in [5, 5.41) is 17.8. The molecule has 0 bridgehead atoms. The van der Waals surface area contributed by atoms with Crippen LogP contribution in [0.4, 0.5) is 11.5 Å². The van der Waals surface area contributed by atoms with E-state index >= 15 is 0 Å². The lowest BCUT2D eigenvalue weighted by molar-refractivity contribution is 0.0606. The average Bonchev–Trinajstić information content (AvgIpc) is 3.36. The number of hydrogen-bond donors (Lipinski definition) is 3. The quantitative estimate of drug-likeness (QED) is 0.371. The zero-order valence-electron chi connectivity index (χ0n) is 21.8. The van der Waals surface area contributed by atoms with E-state index in [0.29, 0.717) is 49.2 Å². The maximum absolute atomic E-state index is 13.9. The Hall–Kier alpha value is -2.93. The first-order valence-electron chi connectivity index (χ1n) is 13.1. The molecule has 0 unspecified atom stereocenters. The van der Waals surface area contributed by atoms with Crippen molar-refractivity contribution in [2.45, 2.75) is 44.1 Å². The van der Waals surface area contributed by atoms with Gasteiger partial charge < -0.3 is 20.1 Å². The molecule has 13 heteroatoms. The third-order valence-electron chi connectivity index (χ3n) is 7.14. The van der Waals surface area contributed by atoms with Gasteiger partial charge in [-0.2, -0.15) is 5.10 Å². The molecule has 0 saturated carbocycles. The Labute approximate surface area is 232 Å². The third-order valence-corrected chi connectivity index (χ3v) is 7.97. The summed E-state index contributed by atoms with van der Waals surface area (Å²) in [4.78, 5) is 20.4. The highest BCUT2D eigenvalue weighted by molar-refractivity contribution is 7.92. The number of rotatable bonds is 8. The first-order valence-corrected chi connectivity index (χ1v) is 15.4. The van der Waals surface area contributed by atoms with Gasteiger partial charge in [-0.15, -0.1) is 0 Å². The van der Waals surface area contributed by atoms with Crippen molar-refractivity contribution < 1.29 is 23.1 Å². The molecule has 210 valence electrons. The fraction of sp³-hybridized carbons (Fsp3) is 0.500. The van der Waals surface area contributed by atoms with E-state index in [1.54, 1.807) is 11.0 Å². The Kier molecular flexibility index (Phi) is 8.27. The highest BCUT2D eigenvalue weighted by Crippen LogP contribution is 2.35. The van der Waals surface area contributed by atoms with Crippen LogP contribution < -0.4 is 10.0 Å². The van der Waals surface area contributed by atoms with E-state index < -0.39 is 10.0 Å². The van der Waals surface area contributed by atoms with Crippen LogP contribution in [0.2, 0.25) is 5.02 Å². The van der Waals surface area contributed by atoms with Crippen molar-refractivity contribution >= 4 is 44.7 Å². The van der Waals surface area contributed by atoms with Crippen LogP contribution in [0.1, 0.15) is 65.8 Å². The van der Waals surface area contributed by atoms with Crippen molar-refractivity contribution in [3.8, 4) is 0 Å². The Balaban J connectivity index is 1.53. The maximum atomic E-state index is 13.9. The van der Waals surface area contributed by atoms with Crippen molar-refractivity contribution in [1.29, 1.82) is 0 Å². The minimum atomic E-state index is -3.60. The van der Waals surface area contributed by atoms with Gasteiger partial charge in [-0.05, 0) is 50.3 Å². The number of aliphatic hydroxyl groups excluding tert-OH is 1. The fourth-order valence-corrected chi connectivity index (χ4v) is 6.11. The molecule has 0 spiro atoms. The minimum absolute atomic E-state index is 0.0111. The summed E-state index contributed by atoms with van der Waals surface area (Å²) in [5.74, 6) is 0.594. The SMILES string of the molecule is CS(=O)(=O)Nc1ccc(Cl)cc1C(=O)N1CCCC[C@H]1c1cc2nc(NCCO)cc(C3CCOCC3)n2n1. The number of nitrogens with zero attached hydrogens (tertiary/aromatic N) is 4. The number of sulfonamides is 1. The number of aromatic nitrogens is 3. The Morgan fingerprint density at radius 2 is 1.97 bits per heavy atom. The number of amides is 1. The highest BCUT2D eigenvalue weighted by atomic mass is 35.5. The minimum Gasteiger partial charge on any atom is -0.395 e. The van der Waals surface area contributed by atoms with Crippen LogP contribution in [0.15, 0.2) is 30.3 Å². The second-order valence-corrected chi connectivity index (χ2v) is 12.2. The van der Waals surface area contributed by atoms with Gasteiger partial charge in [0.1, 0.15) is 5.82 Å². The van der Waals surface area contributed by atoms with Crippen LogP contribution in [0, 0.1) is 0 Å². The van der Waals surface area contributed by atoms with Crippen molar-refractivity contribution in [3.63, 3.8) is 0 Å². The first-order chi connectivity index (χ1) is 18.7. The van der Waals surface area contributed by atoms with Crippen molar-refractivity contribution in [2.75, 3.05) is 49.2 Å². The van der Waals surface area contributed by atoms with Gasteiger partial charge in [-0.25, -0.2) is 17.9 Å². The fourth-order valence-electron chi connectivity index (χ4n) is 5.36. The van der Waals surface area contributed by atoms with E-state index in [0.717, 1.165) is 43.3 Å². The number of aliphatic hydroxyl groups is 1. The van der Waals surface area contributed by atoms with E-state index in [1.165, 1.54) is 12.1 Å². The van der Waals surface area contributed by atoms with Gasteiger partial charge in [0.25, 0.3) is 5.91 Å². The van der Waals surface area contributed by atoms with E-state index in [1.807, 2.05) is 16.6 Å². The molecular weight excluding hydrogens is 544 g/mol. The average molecular weight is 577 g/mol. The van der Waals surface area contributed by atoms with Gasteiger partial charge >= 0.3 is 0 Å². The molecule has 2 fully saturated rings. The number of anilines is 2. The number of likely N-dealkylation sites (tertiary alicyclic amines) is 1. The van der Waals surface area contributed by atoms with Crippen LogP contribution in [-0.2, 0) is 14.8 Å². The number of nitrogens with one attached hydrogen (secondary N) is 2. The van der Waals surface area contributed by atoms with E-state index in [2.05, 4.69) is 10.0 Å². The lowest BCUT2D eigenvalue weighted by Gasteiger charge is -2.35. The summed E-state index contributed by atoms with van der Waals surface area (Å²) >= 11 is 6.22. The second kappa shape index (κ2) is 11.7. The predicted octanol–water partition coefficient (Wildman–Crippen LogP) is 3.42. The topological polar surface area (TPSA) is 138 Å². The van der Waals surface area contributed by atoms with E-state index in [9.17, 15) is 18.3 Å². The Bertz CT molecular complexity index is 1460. The molecule has 1 aromatic carbocycles. The Morgan fingerprint density at radius 3 is 2.72 bits per heavy atom. The number of fused-ring (bicyclic) bond motifs is 1. The molecular formula is C26H33ClN6O5S. The van der Waals surface area contributed by atoms with Crippen LogP contribution in [0.25, 0.3) is 5.65 Å². The molecule has 3 N–H and O–H groups in total. The molecule has 5 rings (SSSR count). The summed E-state index contributed by atoms with van der Waals surface area (Å²) in [7, 11) is -3.60. The van der Waals surface area contributed by atoms with Crippen molar-refractivity contribution in [3.05, 3.63) is 52.3 Å². The predicted molar refractivity (Wildman–Crippen MR) is 149 cm³/mol. The lowest BCUT2D eigenvalue weighted by Crippen LogP contribution is -2.39. The molecule has 39 heavy (non-hydrogen) atoms. The monoisotopic (exact) mass is 576 g/mol. The molecule has 2 aromatic heterocycles. The second-order valence-electron chi connectivity index (χ2n) is 10.0. The number of halogens is 1. The number of ether oxygens (including phenoxy) is 1. The van der Waals surface area contributed by atoms with Gasteiger partial charge in [0, 0.05) is 49.4 Å². The summed E-state index contributed by atoms with van der Waals surface area (Å²) in [5.41, 5.74) is 2.78. The number of piperidine rings is 1. The molecule has 11 nitrogen and oxygen atoms in total. The van der Waals surface area contributed by atoms with Crippen molar-refractivity contribution in [1.82, 2.24) is 19.5 Å². The Morgan fingerprint density at radius 1 is 1.18 bits per heavy atom. The maximum Gasteiger partial charge on any atom is 0.256 e. The van der Waals surface area contributed by atoms with Crippen LogP contribution in [-0.4, -0.2) is 78.1 Å². The first kappa shape index (κ1) is 27.6. The van der Waals surface area contributed by atoms with Gasteiger partial charge in [0.15, 0.2) is 5.65 Å². The standard InChI is InChI=1S/C26H33ClN6O5S/c1-39(36,37)31-20-6-5-18(27)14-19(20)26(35)32-10-3-2-4-22(32)21-15-25-29-24(28-9-11-34)16-23(33(25)30-21)17-7-12-38-13-8-17/h5-6,14-17,22,31,34H,2-4,7-13H2,1H3,(H,28,29)/t22-/m0/s1. The van der Waals surface area contributed by atoms with Gasteiger partial charge in [-0.3, -0.25) is 9.52 Å². The molecule has 0 aliphatic carbocycles. The molecule has 2 aliphatic rings. The van der Waals surface area contributed by atoms with Gasteiger partial charge in [0.05, 0.1) is 41.5 Å². The largest absolute Gasteiger partial charge is 0.395 e. The molecule has 3 aromatic rings. The van der Waals surface area contributed by atoms with Gasteiger partial charge in [0.2, 0.25) is 10.0 Å². The molecule has 4 heterocycles. The number of carbonyl (C=O) groups excluding carboxylic acids is 1. The third kappa shape index (κ3) is 6.29. The van der Waals surface area contributed by atoms with Crippen LogP contribution in [0.3, 0.4) is 0 Å². The summed E-state index contributed by atoms with van der Waals surface area (Å²) in [6, 6.07) is 8.13. The molecule has 1 atom stereocenters. The molecule has 0 radical (unpaired) electrons. The van der Waals surface area contributed by atoms with E-state index in [4.69, 9.17) is 26.4 Å². The van der Waals surface area contributed by atoms with Gasteiger partial charge in [-0.1, -0.05) is 11.6 Å². The van der Waals surface area contributed by atoms with Crippen molar-refractivity contribution in [2.24, 2.45) is 0 Å². The molecule has 2 aliphatic heterocycles. The van der Waals surface area contributed by atoms with E-state index in [-0.39, 0.29) is 35.7 Å². The van der Waals surface area contributed by atoms with Crippen LogP contribution >= 0.6 is 11.6 Å². The summed E-state index contributed by atoms with van der Waals surface area (Å²) in [6.45, 7) is 2.23. The summed E-state index contributed by atoms with van der Waals surface area (Å²) in [6.07, 6.45) is 5.25. The molecule has 2 saturated heterocycles. The summed E-state index contributed by atoms with van der Waals surface area (Å²) < 4.78 is 33.8. The normalized spacial score (nSPS) is 18.8. The number of hydrogen-bond acceptors (Lipinski definition) is 8. The molecule has 1 amide bonds. The zero-order valence-corrected chi connectivity index (χ0v) is 23.3. The number of benzene rings is 1. The lowest BCUT2D eigenvalue weighted by atomic mass is 9.96. The smallest absolute Gasteiger partial charge is 0.256 e. The number of carbonyl (C=O) groups is 1. The highest BCUT2D eigenvalue weighted by Gasteiger charge is 2.33. The van der Waals surface area contributed by atoms with Crippen LogP contribution in [0.5, 0.6) is 0 Å². The zero-order chi connectivity index (χ0) is 27.6.